The van der Waals surface area contributed by atoms with Crippen molar-refractivity contribution in [2.24, 2.45) is 0 Å². The molecule has 5 nitrogen and oxygen atoms in total. The van der Waals surface area contributed by atoms with E-state index in [1.165, 1.54) is 11.6 Å². The van der Waals surface area contributed by atoms with Crippen molar-refractivity contribution in [3.63, 3.8) is 0 Å². The Morgan fingerprint density at radius 3 is 2.47 bits per heavy atom. The molecule has 0 aliphatic heterocycles. The maximum Gasteiger partial charge on any atom is 0.332 e. The lowest BCUT2D eigenvalue weighted by atomic mass is 10.0. The molecular formula is C14H17NO4. The van der Waals surface area contributed by atoms with Gasteiger partial charge in [0, 0.05) is 6.08 Å². The number of hydrogen-bond donors (Lipinski definition) is 2. The quantitative estimate of drug-likeness (QED) is 0.607. The number of amides is 1. The molecule has 0 heterocycles. The molecule has 1 aromatic carbocycles. The number of nitrogens with one attached hydrogen (secondary N) is 1. The lowest BCUT2D eigenvalue weighted by Crippen LogP contribution is -2.24. The third-order valence-electron chi connectivity index (χ3n) is 2.40. The average molecular weight is 263 g/mol. The molecule has 2 N–H and O–H groups in total. The van der Waals surface area contributed by atoms with Gasteiger partial charge in [0.15, 0.2) is 6.61 Å². The van der Waals surface area contributed by atoms with E-state index >= 15 is 0 Å². The van der Waals surface area contributed by atoms with Crippen molar-refractivity contribution < 1.29 is 19.5 Å². The molecule has 0 radical (unpaired) electrons. The van der Waals surface area contributed by atoms with Crippen molar-refractivity contribution in [3.05, 3.63) is 41.5 Å². The van der Waals surface area contributed by atoms with Gasteiger partial charge in [-0.3, -0.25) is 9.63 Å². The minimum absolute atomic E-state index is 0.464. The number of benzene rings is 1. The van der Waals surface area contributed by atoms with Crippen LogP contribution in [0.15, 0.2) is 30.3 Å². The van der Waals surface area contributed by atoms with E-state index in [4.69, 9.17) is 5.11 Å². The van der Waals surface area contributed by atoms with Crippen LogP contribution >= 0.6 is 0 Å². The average Bonchev–Trinajstić information content (AvgIpc) is 2.36. The largest absolute Gasteiger partial charge is 0.479 e. The fourth-order valence-corrected chi connectivity index (χ4v) is 1.37. The highest BCUT2D eigenvalue weighted by molar-refractivity contribution is 5.91. The van der Waals surface area contributed by atoms with Gasteiger partial charge in [0.2, 0.25) is 0 Å². The molecule has 0 bridgehead atoms. The highest BCUT2D eigenvalue weighted by Gasteiger charge is 2.00. The van der Waals surface area contributed by atoms with Crippen molar-refractivity contribution in [2.45, 2.75) is 19.8 Å². The minimum atomic E-state index is -1.14. The summed E-state index contributed by atoms with van der Waals surface area (Å²) in [7, 11) is 0. The van der Waals surface area contributed by atoms with Gasteiger partial charge in [-0.25, -0.2) is 10.3 Å². The van der Waals surface area contributed by atoms with Crippen LogP contribution in [0.5, 0.6) is 0 Å². The maximum atomic E-state index is 11.3. The molecule has 0 aliphatic carbocycles. The number of hydroxylamine groups is 1. The lowest BCUT2D eigenvalue weighted by Gasteiger charge is -2.04. The topological polar surface area (TPSA) is 75.6 Å². The van der Waals surface area contributed by atoms with Gasteiger partial charge in [0.05, 0.1) is 0 Å². The summed E-state index contributed by atoms with van der Waals surface area (Å²) in [4.78, 5) is 25.9. The van der Waals surface area contributed by atoms with Gasteiger partial charge in [-0.15, -0.1) is 0 Å². The Morgan fingerprint density at radius 1 is 1.32 bits per heavy atom. The summed E-state index contributed by atoms with van der Waals surface area (Å²) in [5.41, 5.74) is 4.12. The number of rotatable bonds is 6. The molecule has 5 heteroatoms. The van der Waals surface area contributed by atoms with Gasteiger partial charge in [-0.05, 0) is 23.1 Å². The molecule has 0 saturated carbocycles. The molecule has 1 rings (SSSR count). The molecule has 0 spiro atoms. The molecule has 0 unspecified atom stereocenters. The highest BCUT2D eigenvalue weighted by Crippen LogP contribution is 2.15. The third-order valence-corrected chi connectivity index (χ3v) is 2.40. The fourth-order valence-electron chi connectivity index (χ4n) is 1.37. The Balaban J connectivity index is 2.47. The van der Waals surface area contributed by atoms with Crippen molar-refractivity contribution in [1.29, 1.82) is 0 Å². The van der Waals surface area contributed by atoms with E-state index in [0.717, 1.165) is 5.56 Å². The number of carbonyl (C=O) groups excluding carboxylic acids is 1. The summed E-state index contributed by atoms with van der Waals surface area (Å²) in [5.74, 6) is -1.19. The molecule has 0 fully saturated rings. The van der Waals surface area contributed by atoms with E-state index in [1.54, 1.807) is 6.08 Å². The van der Waals surface area contributed by atoms with Crippen LogP contribution in [0.25, 0.3) is 6.08 Å². The zero-order valence-electron chi connectivity index (χ0n) is 10.9. The van der Waals surface area contributed by atoms with E-state index in [0.29, 0.717) is 5.92 Å². The Morgan fingerprint density at radius 2 is 1.95 bits per heavy atom. The summed E-state index contributed by atoms with van der Waals surface area (Å²) < 4.78 is 0. The van der Waals surface area contributed by atoms with Gasteiger partial charge in [0.25, 0.3) is 5.91 Å². The summed E-state index contributed by atoms with van der Waals surface area (Å²) in [6, 6.07) is 7.83. The first kappa shape index (κ1) is 14.9. The molecule has 0 aliphatic rings. The standard InChI is InChI=1S/C14H17NO4/c1-10(2)12-6-3-11(4-7-12)5-8-13(16)15-19-9-14(17)18/h3-8,10H,9H2,1-2H3,(H,15,16)(H,17,18). The van der Waals surface area contributed by atoms with Crippen LogP contribution in [0.4, 0.5) is 0 Å². The highest BCUT2D eigenvalue weighted by atomic mass is 16.7. The Labute approximate surface area is 111 Å². The molecule has 0 saturated heterocycles. The maximum absolute atomic E-state index is 11.3. The minimum Gasteiger partial charge on any atom is -0.479 e. The number of hydrogen-bond acceptors (Lipinski definition) is 3. The normalized spacial score (nSPS) is 10.9. The van der Waals surface area contributed by atoms with Crippen LogP contribution < -0.4 is 5.48 Å². The predicted octanol–water partition coefficient (Wildman–Crippen LogP) is 1.96. The SMILES string of the molecule is CC(C)c1ccc(C=CC(=O)NOCC(=O)O)cc1. The van der Waals surface area contributed by atoms with Crippen LogP contribution in [-0.4, -0.2) is 23.6 Å². The number of carbonyl (C=O) groups is 2. The van der Waals surface area contributed by atoms with Gasteiger partial charge in [0.1, 0.15) is 0 Å². The van der Waals surface area contributed by atoms with Crippen LogP contribution in [-0.2, 0) is 14.4 Å². The van der Waals surface area contributed by atoms with E-state index < -0.39 is 18.5 Å². The Kier molecular flexibility index (Phi) is 5.75. The van der Waals surface area contributed by atoms with Crippen molar-refractivity contribution in [2.75, 3.05) is 6.61 Å². The summed E-state index contributed by atoms with van der Waals surface area (Å²) in [5, 5.41) is 8.31. The monoisotopic (exact) mass is 263 g/mol. The van der Waals surface area contributed by atoms with Crippen molar-refractivity contribution in [3.8, 4) is 0 Å². The van der Waals surface area contributed by atoms with Gasteiger partial charge in [-0.1, -0.05) is 38.1 Å². The van der Waals surface area contributed by atoms with E-state index in [2.05, 4.69) is 18.7 Å². The Bertz CT molecular complexity index is 463. The molecular weight excluding hydrogens is 246 g/mol. The zero-order valence-corrected chi connectivity index (χ0v) is 10.9. The molecule has 102 valence electrons. The third kappa shape index (κ3) is 5.83. The zero-order chi connectivity index (χ0) is 14.3. The summed E-state index contributed by atoms with van der Waals surface area (Å²) >= 11 is 0. The summed E-state index contributed by atoms with van der Waals surface area (Å²) in [6.45, 7) is 3.65. The van der Waals surface area contributed by atoms with E-state index in [1.807, 2.05) is 29.7 Å². The van der Waals surface area contributed by atoms with Crippen LogP contribution in [0, 0.1) is 0 Å². The second-order valence-electron chi connectivity index (χ2n) is 4.30. The van der Waals surface area contributed by atoms with Crippen molar-refractivity contribution in [1.82, 2.24) is 5.48 Å². The van der Waals surface area contributed by atoms with Gasteiger partial charge < -0.3 is 5.11 Å². The first-order chi connectivity index (χ1) is 8.99. The second-order valence-corrected chi connectivity index (χ2v) is 4.30. The van der Waals surface area contributed by atoms with Gasteiger partial charge >= 0.3 is 5.97 Å². The van der Waals surface area contributed by atoms with Crippen LogP contribution in [0.2, 0.25) is 0 Å². The molecule has 0 atom stereocenters. The second kappa shape index (κ2) is 7.33. The number of carboxylic acid groups (broad SMARTS) is 1. The van der Waals surface area contributed by atoms with Gasteiger partial charge in [-0.2, -0.15) is 0 Å². The molecule has 0 aromatic heterocycles. The predicted molar refractivity (Wildman–Crippen MR) is 71.3 cm³/mol. The van der Waals surface area contributed by atoms with Crippen LogP contribution in [0.1, 0.15) is 30.9 Å². The Hall–Kier alpha value is -2.14. The fraction of sp³-hybridized carbons (Fsp3) is 0.286. The summed E-state index contributed by atoms with van der Waals surface area (Å²) in [6.07, 6.45) is 2.91. The van der Waals surface area contributed by atoms with E-state index in [9.17, 15) is 9.59 Å². The van der Waals surface area contributed by atoms with E-state index in [-0.39, 0.29) is 0 Å². The lowest BCUT2D eigenvalue weighted by molar-refractivity contribution is -0.147. The first-order valence-electron chi connectivity index (χ1n) is 5.90. The number of aliphatic carboxylic acids is 1. The van der Waals surface area contributed by atoms with Crippen molar-refractivity contribution >= 4 is 18.0 Å². The number of carboxylic acids is 1. The molecule has 1 aromatic rings. The molecule has 1 amide bonds. The molecule has 19 heavy (non-hydrogen) atoms. The first-order valence-corrected chi connectivity index (χ1v) is 5.90. The smallest absolute Gasteiger partial charge is 0.332 e. The van der Waals surface area contributed by atoms with Crippen LogP contribution in [0.3, 0.4) is 0 Å².